The van der Waals surface area contributed by atoms with Gasteiger partial charge < -0.3 is 15.0 Å². The van der Waals surface area contributed by atoms with E-state index in [1.54, 1.807) is 6.20 Å². The third kappa shape index (κ3) is 6.67. The maximum atomic E-state index is 12.0. The van der Waals surface area contributed by atoms with Gasteiger partial charge in [0.25, 0.3) is 0 Å². The highest BCUT2D eigenvalue weighted by molar-refractivity contribution is 5.80. The summed E-state index contributed by atoms with van der Waals surface area (Å²) in [7, 11) is 0. The number of carbonyl (C=O) groups is 1. The average Bonchev–Trinajstić information content (AvgIpc) is 3.33. The predicted octanol–water partition coefficient (Wildman–Crippen LogP) is 5.00. The molecule has 33 heavy (non-hydrogen) atoms. The number of rotatable bonds is 5. The molecule has 2 fully saturated rings. The predicted molar refractivity (Wildman–Crippen MR) is 132 cm³/mol. The van der Waals surface area contributed by atoms with E-state index in [1.165, 1.54) is 31.4 Å². The van der Waals surface area contributed by atoms with Gasteiger partial charge in [-0.25, -0.2) is 9.48 Å². The summed E-state index contributed by atoms with van der Waals surface area (Å²) < 4.78 is 7.22. The number of ether oxygens (including phenoxy) is 1. The van der Waals surface area contributed by atoms with Crippen LogP contribution < -0.4 is 10.2 Å². The molecule has 7 nitrogen and oxygen atoms in total. The van der Waals surface area contributed by atoms with E-state index in [0.29, 0.717) is 12.1 Å². The van der Waals surface area contributed by atoms with Crippen molar-refractivity contribution in [2.75, 3.05) is 18.0 Å². The van der Waals surface area contributed by atoms with Gasteiger partial charge in [0.15, 0.2) is 0 Å². The van der Waals surface area contributed by atoms with Crippen LogP contribution in [-0.4, -0.2) is 52.9 Å². The molecule has 1 N–H and O–H groups in total. The van der Waals surface area contributed by atoms with E-state index in [0.717, 1.165) is 31.6 Å². The third-order valence-corrected chi connectivity index (χ3v) is 6.44. The van der Waals surface area contributed by atoms with Crippen LogP contribution in [0.25, 0.3) is 5.69 Å². The van der Waals surface area contributed by atoms with E-state index in [4.69, 9.17) is 4.74 Å². The van der Waals surface area contributed by atoms with Gasteiger partial charge in [-0.1, -0.05) is 12.8 Å². The summed E-state index contributed by atoms with van der Waals surface area (Å²) in [6.07, 6.45) is 12.0. The van der Waals surface area contributed by atoms with E-state index in [9.17, 15) is 4.79 Å². The molecule has 2 aliphatic rings. The number of piperidine rings is 1. The lowest BCUT2D eigenvalue weighted by molar-refractivity contribution is 0.0604. The second-order valence-corrected chi connectivity index (χ2v) is 10.2. The fourth-order valence-corrected chi connectivity index (χ4v) is 4.88. The van der Waals surface area contributed by atoms with Crippen molar-refractivity contribution in [3.8, 4) is 5.69 Å². The lowest BCUT2D eigenvalue weighted by Gasteiger charge is -2.39. The summed E-state index contributed by atoms with van der Waals surface area (Å²) in [5.41, 5.74) is 1.81. The van der Waals surface area contributed by atoms with Gasteiger partial charge >= 0.3 is 6.09 Å². The second kappa shape index (κ2) is 10.5. The van der Waals surface area contributed by atoms with Crippen LogP contribution in [0.15, 0.2) is 47.7 Å². The van der Waals surface area contributed by atoms with Crippen molar-refractivity contribution in [1.29, 1.82) is 0 Å². The van der Waals surface area contributed by atoms with Gasteiger partial charge in [-0.2, -0.15) is 10.1 Å². The highest BCUT2D eigenvalue weighted by Crippen LogP contribution is 2.26. The lowest BCUT2D eigenvalue weighted by Crippen LogP contribution is -2.52. The molecule has 178 valence electrons. The van der Waals surface area contributed by atoms with Gasteiger partial charge in [0, 0.05) is 55.4 Å². The summed E-state index contributed by atoms with van der Waals surface area (Å²) in [6.45, 7) is 7.67. The van der Waals surface area contributed by atoms with E-state index in [1.807, 2.05) is 43.9 Å². The number of hydrogen-bond donors (Lipinski definition) is 1. The summed E-state index contributed by atoms with van der Waals surface area (Å²) in [5.74, 6) is 0.273. The topological polar surface area (TPSA) is 71.8 Å². The number of carbonyl (C=O) groups excluding carboxylic acids is 1. The summed E-state index contributed by atoms with van der Waals surface area (Å²) in [5, 5.41) is 8.22. The number of aromatic nitrogens is 2. The first-order chi connectivity index (χ1) is 15.9. The Labute approximate surface area is 197 Å². The molecule has 1 saturated heterocycles. The molecular formula is C26H37N5O2. The highest BCUT2D eigenvalue weighted by atomic mass is 16.6. The van der Waals surface area contributed by atoms with E-state index < -0.39 is 11.7 Å². The Hall–Kier alpha value is -2.67. The Morgan fingerprint density at radius 2 is 1.88 bits per heavy atom. The van der Waals surface area contributed by atoms with Crippen molar-refractivity contribution in [3.05, 3.63) is 42.7 Å². The monoisotopic (exact) mass is 451 g/mol. The minimum Gasteiger partial charge on any atom is -0.442 e. The first-order valence-corrected chi connectivity index (χ1v) is 12.3. The number of nitrogens with zero attached hydrogens (tertiary/aromatic N) is 4. The standard InChI is InChI=1S/C26H37N5O2/c1-26(2,3)33-25(32)27-18-20-8-4-5-10-24(20)29-21-9-6-16-30(19-21)22-11-13-23(14-12-22)31-17-7-15-28-31/h7,11-15,17-18,20-21,24,29H,4-6,8-10,16,19H2,1-3H3/b27-18-/t20?,21-,24+/m0/s1. The second-order valence-electron chi connectivity index (χ2n) is 10.2. The van der Waals surface area contributed by atoms with Crippen LogP contribution in [0.5, 0.6) is 0 Å². The molecule has 7 heteroatoms. The molecule has 2 aromatic rings. The zero-order valence-corrected chi connectivity index (χ0v) is 20.1. The molecule has 0 bridgehead atoms. The minimum absolute atomic E-state index is 0.273. The van der Waals surface area contributed by atoms with Gasteiger partial charge in [0.2, 0.25) is 0 Å². The van der Waals surface area contributed by atoms with Gasteiger partial charge in [-0.3, -0.25) is 0 Å². The average molecular weight is 452 g/mol. The number of aliphatic imine (C=N–C) groups is 1. The molecule has 1 amide bonds. The van der Waals surface area contributed by atoms with Gasteiger partial charge in [-0.15, -0.1) is 0 Å². The summed E-state index contributed by atoms with van der Waals surface area (Å²) in [4.78, 5) is 18.6. The Morgan fingerprint density at radius 3 is 2.61 bits per heavy atom. The molecule has 0 spiro atoms. The molecule has 0 radical (unpaired) electrons. The number of benzene rings is 1. The Balaban J connectivity index is 1.35. The van der Waals surface area contributed by atoms with E-state index >= 15 is 0 Å². The minimum atomic E-state index is -0.513. The molecule has 1 aliphatic carbocycles. The maximum absolute atomic E-state index is 12.0. The van der Waals surface area contributed by atoms with Crippen LogP contribution in [0.1, 0.15) is 59.3 Å². The normalized spacial score (nSPS) is 24.2. The molecule has 1 aliphatic heterocycles. The van der Waals surface area contributed by atoms with Crippen LogP contribution in [0.2, 0.25) is 0 Å². The molecule has 1 saturated carbocycles. The van der Waals surface area contributed by atoms with Crippen LogP contribution in [0.3, 0.4) is 0 Å². The number of hydrogen-bond acceptors (Lipinski definition) is 5. The Bertz CT molecular complexity index is 917. The van der Waals surface area contributed by atoms with Crippen molar-refractivity contribution in [2.45, 2.75) is 77.0 Å². The Kier molecular flexibility index (Phi) is 7.48. The fraction of sp³-hybridized carbons (Fsp3) is 0.577. The van der Waals surface area contributed by atoms with Crippen LogP contribution in [-0.2, 0) is 4.74 Å². The number of amides is 1. The molecular weight excluding hydrogens is 414 g/mol. The van der Waals surface area contributed by atoms with Crippen LogP contribution >= 0.6 is 0 Å². The van der Waals surface area contributed by atoms with Crippen molar-refractivity contribution in [1.82, 2.24) is 15.1 Å². The largest absolute Gasteiger partial charge is 0.442 e. The highest BCUT2D eigenvalue weighted by Gasteiger charge is 2.29. The summed E-state index contributed by atoms with van der Waals surface area (Å²) in [6, 6.07) is 11.4. The number of nitrogens with one attached hydrogen (secondary N) is 1. The van der Waals surface area contributed by atoms with Crippen LogP contribution in [0, 0.1) is 5.92 Å². The molecule has 1 aromatic carbocycles. The SMILES string of the molecule is CC(C)(C)OC(=O)/N=C\C1CCCC[C@H]1N[C@H]1CCCN(c2ccc(-n3cccn3)cc2)C1. The Morgan fingerprint density at radius 1 is 1.12 bits per heavy atom. The van der Waals surface area contributed by atoms with Gasteiger partial charge in [-0.05, 0) is 76.8 Å². The molecule has 2 heterocycles. The summed E-state index contributed by atoms with van der Waals surface area (Å²) >= 11 is 0. The smallest absolute Gasteiger partial charge is 0.433 e. The van der Waals surface area contributed by atoms with Gasteiger partial charge in [0.1, 0.15) is 5.60 Å². The molecule has 1 aromatic heterocycles. The van der Waals surface area contributed by atoms with Gasteiger partial charge in [0.05, 0.1) is 5.69 Å². The van der Waals surface area contributed by atoms with Crippen molar-refractivity contribution in [3.63, 3.8) is 0 Å². The zero-order chi connectivity index (χ0) is 23.3. The van der Waals surface area contributed by atoms with Crippen molar-refractivity contribution >= 4 is 18.0 Å². The molecule has 3 atom stereocenters. The first kappa shape index (κ1) is 23.5. The van der Waals surface area contributed by atoms with E-state index in [2.05, 4.69) is 44.6 Å². The first-order valence-electron chi connectivity index (χ1n) is 12.3. The molecule has 1 unspecified atom stereocenters. The lowest BCUT2D eigenvalue weighted by atomic mass is 9.84. The van der Waals surface area contributed by atoms with Crippen molar-refractivity contribution < 1.29 is 9.53 Å². The number of anilines is 1. The van der Waals surface area contributed by atoms with Crippen molar-refractivity contribution in [2.24, 2.45) is 10.9 Å². The fourth-order valence-electron chi connectivity index (χ4n) is 4.88. The third-order valence-electron chi connectivity index (χ3n) is 6.44. The van der Waals surface area contributed by atoms with Crippen LogP contribution in [0.4, 0.5) is 10.5 Å². The molecule has 4 rings (SSSR count). The zero-order valence-electron chi connectivity index (χ0n) is 20.1. The quantitative estimate of drug-likeness (QED) is 0.648. The van der Waals surface area contributed by atoms with E-state index in [-0.39, 0.29) is 5.92 Å². The maximum Gasteiger partial charge on any atom is 0.433 e.